The van der Waals surface area contributed by atoms with E-state index in [4.69, 9.17) is 14.7 Å². The summed E-state index contributed by atoms with van der Waals surface area (Å²) in [6, 6.07) is 14.3. The standard InChI is InChI=1S/C24H25N5O2S/c1-31-20-11-12-25-14-18(20)15-5-10-19-21(13-15)32-24(27-19)29-23-4-2-3-22(28-23)26-16-6-8-17(30)9-7-16/h2-5,10-14,16-17,30H,6-9H2,1H3,(H2,26,27,28,29). The monoisotopic (exact) mass is 447 g/mol. The van der Waals surface area contributed by atoms with E-state index in [1.54, 1.807) is 24.6 Å². The van der Waals surface area contributed by atoms with Crippen molar-refractivity contribution in [2.45, 2.75) is 37.8 Å². The van der Waals surface area contributed by atoms with Crippen LogP contribution in [-0.2, 0) is 0 Å². The molecule has 3 N–H and O–H groups in total. The van der Waals surface area contributed by atoms with Crippen LogP contribution in [0.1, 0.15) is 25.7 Å². The number of hydrogen-bond donors (Lipinski definition) is 3. The molecule has 4 aromatic rings. The molecule has 0 radical (unpaired) electrons. The molecule has 7 nitrogen and oxygen atoms in total. The van der Waals surface area contributed by atoms with Gasteiger partial charge in [-0.05, 0) is 61.6 Å². The molecule has 0 bridgehead atoms. The van der Waals surface area contributed by atoms with Gasteiger partial charge in [0.1, 0.15) is 17.4 Å². The molecule has 0 spiro atoms. The van der Waals surface area contributed by atoms with Gasteiger partial charge in [-0.25, -0.2) is 9.97 Å². The van der Waals surface area contributed by atoms with Crippen LogP contribution in [0.25, 0.3) is 21.3 Å². The second kappa shape index (κ2) is 9.10. The fraction of sp³-hybridized carbons (Fsp3) is 0.292. The number of aliphatic hydroxyl groups excluding tert-OH is 1. The average molecular weight is 448 g/mol. The van der Waals surface area contributed by atoms with Crippen LogP contribution in [0.15, 0.2) is 54.9 Å². The number of thiazole rings is 1. The summed E-state index contributed by atoms with van der Waals surface area (Å²) in [4.78, 5) is 13.6. The van der Waals surface area contributed by atoms with Crippen LogP contribution in [0.5, 0.6) is 5.75 Å². The largest absolute Gasteiger partial charge is 0.496 e. The molecule has 1 saturated carbocycles. The fourth-order valence-corrected chi connectivity index (χ4v) is 4.96. The maximum Gasteiger partial charge on any atom is 0.189 e. The Hall–Kier alpha value is -3.23. The Morgan fingerprint density at radius 3 is 2.72 bits per heavy atom. The molecule has 1 aliphatic carbocycles. The Balaban J connectivity index is 1.33. The number of anilines is 3. The van der Waals surface area contributed by atoms with E-state index in [2.05, 4.69) is 21.7 Å². The maximum atomic E-state index is 9.70. The summed E-state index contributed by atoms with van der Waals surface area (Å²) in [7, 11) is 1.67. The summed E-state index contributed by atoms with van der Waals surface area (Å²) >= 11 is 1.58. The van der Waals surface area contributed by atoms with E-state index in [1.807, 2.05) is 42.6 Å². The van der Waals surface area contributed by atoms with Crippen molar-refractivity contribution in [2.24, 2.45) is 0 Å². The molecular formula is C24H25N5O2S. The van der Waals surface area contributed by atoms with E-state index >= 15 is 0 Å². The number of rotatable bonds is 6. The Bertz CT molecular complexity index is 1220. The molecule has 0 saturated heterocycles. The number of aromatic nitrogens is 3. The van der Waals surface area contributed by atoms with Crippen molar-refractivity contribution in [3.05, 3.63) is 54.9 Å². The zero-order valence-corrected chi connectivity index (χ0v) is 18.6. The van der Waals surface area contributed by atoms with Crippen molar-refractivity contribution in [1.29, 1.82) is 0 Å². The smallest absolute Gasteiger partial charge is 0.189 e. The summed E-state index contributed by atoms with van der Waals surface area (Å²) in [6.45, 7) is 0. The van der Waals surface area contributed by atoms with Crippen LogP contribution < -0.4 is 15.4 Å². The van der Waals surface area contributed by atoms with Gasteiger partial charge in [0.05, 0.1) is 23.4 Å². The number of fused-ring (bicyclic) bond motifs is 1. The molecule has 8 heteroatoms. The van der Waals surface area contributed by atoms with Gasteiger partial charge >= 0.3 is 0 Å². The van der Waals surface area contributed by atoms with Crippen LogP contribution >= 0.6 is 11.3 Å². The zero-order valence-electron chi connectivity index (χ0n) is 17.8. The zero-order chi connectivity index (χ0) is 21.9. The lowest BCUT2D eigenvalue weighted by Gasteiger charge is -2.26. The molecular weight excluding hydrogens is 422 g/mol. The highest BCUT2D eigenvalue weighted by Crippen LogP contribution is 2.34. The van der Waals surface area contributed by atoms with Gasteiger partial charge in [0.2, 0.25) is 0 Å². The summed E-state index contributed by atoms with van der Waals surface area (Å²) in [5.41, 5.74) is 2.93. The van der Waals surface area contributed by atoms with Gasteiger partial charge in [0.15, 0.2) is 5.13 Å². The number of aliphatic hydroxyl groups is 1. The Labute approximate surface area is 190 Å². The molecule has 5 rings (SSSR count). The van der Waals surface area contributed by atoms with Crippen molar-refractivity contribution in [2.75, 3.05) is 17.7 Å². The Morgan fingerprint density at radius 2 is 1.88 bits per heavy atom. The van der Waals surface area contributed by atoms with Gasteiger partial charge in [0, 0.05) is 24.0 Å². The first-order chi connectivity index (χ1) is 15.7. The third kappa shape index (κ3) is 4.51. The van der Waals surface area contributed by atoms with Crippen LogP contribution in [-0.4, -0.2) is 39.3 Å². The van der Waals surface area contributed by atoms with E-state index in [0.29, 0.717) is 6.04 Å². The Kier molecular flexibility index (Phi) is 5.87. The minimum atomic E-state index is -0.159. The fourth-order valence-electron chi connectivity index (χ4n) is 4.05. The summed E-state index contributed by atoms with van der Waals surface area (Å²) < 4.78 is 6.55. The van der Waals surface area contributed by atoms with Gasteiger partial charge in [-0.15, -0.1) is 0 Å². The predicted molar refractivity (Wildman–Crippen MR) is 129 cm³/mol. The highest BCUT2D eigenvalue weighted by molar-refractivity contribution is 7.22. The third-order valence-corrected chi connectivity index (χ3v) is 6.67. The number of nitrogens with zero attached hydrogens (tertiary/aromatic N) is 3. The van der Waals surface area contributed by atoms with Gasteiger partial charge in [-0.3, -0.25) is 4.98 Å². The maximum absolute atomic E-state index is 9.70. The van der Waals surface area contributed by atoms with E-state index < -0.39 is 0 Å². The normalized spacial score (nSPS) is 18.4. The van der Waals surface area contributed by atoms with Crippen molar-refractivity contribution >= 4 is 38.3 Å². The van der Waals surface area contributed by atoms with Gasteiger partial charge in [-0.2, -0.15) is 0 Å². The van der Waals surface area contributed by atoms with Crippen molar-refractivity contribution in [3.63, 3.8) is 0 Å². The molecule has 1 aromatic carbocycles. The molecule has 0 unspecified atom stereocenters. The minimum Gasteiger partial charge on any atom is -0.496 e. The number of ether oxygens (including phenoxy) is 1. The lowest BCUT2D eigenvalue weighted by Crippen LogP contribution is -2.28. The first-order valence-electron chi connectivity index (χ1n) is 10.8. The first kappa shape index (κ1) is 20.7. The molecule has 0 atom stereocenters. The van der Waals surface area contributed by atoms with Gasteiger partial charge < -0.3 is 20.5 Å². The quantitative estimate of drug-likeness (QED) is 0.373. The molecule has 3 heterocycles. The van der Waals surface area contributed by atoms with Crippen LogP contribution in [0.3, 0.4) is 0 Å². The lowest BCUT2D eigenvalue weighted by atomic mass is 9.93. The van der Waals surface area contributed by atoms with E-state index in [1.165, 1.54) is 0 Å². The predicted octanol–water partition coefficient (Wildman–Crippen LogP) is 5.22. The topological polar surface area (TPSA) is 92.2 Å². The van der Waals surface area contributed by atoms with E-state index in [9.17, 15) is 5.11 Å². The van der Waals surface area contributed by atoms with Crippen molar-refractivity contribution in [3.8, 4) is 16.9 Å². The summed E-state index contributed by atoms with van der Waals surface area (Å²) in [5, 5.41) is 17.3. The molecule has 1 aliphatic rings. The second-order valence-corrected chi connectivity index (χ2v) is 8.99. The van der Waals surface area contributed by atoms with Crippen LogP contribution in [0.2, 0.25) is 0 Å². The molecule has 164 valence electrons. The number of nitrogens with one attached hydrogen (secondary N) is 2. The highest BCUT2D eigenvalue weighted by atomic mass is 32.1. The average Bonchev–Trinajstić information content (AvgIpc) is 3.22. The number of pyridine rings is 2. The van der Waals surface area contributed by atoms with Crippen molar-refractivity contribution < 1.29 is 9.84 Å². The highest BCUT2D eigenvalue weighted by Gasteiger charge is 2.19. The van der Waals surface area contributed by atoms with Crippen LogP contribution in [0, 0.1) is 0 Å². The minimum absolute atomic E-state index is 0.159. The molecule has 0 amide bonds. The second-order valence-electron chi connectivity index (χ2n) is 7.96. The molecule has 0 aliphatic heterocycles. The Morgan fingerprint density at radius 1 is 1.03 bits per heavy atom. The lowest BCUT2D eigenvalue weighted by molar-refractivity contribution is 0.126. The number of methoxy groups -OCH3 is 1. The van der Waals surface area contributed by atoms with E-state index in [-0.39, 0.29) is 6.10 Å². The van der Waals surface area contributed by atoms with Crippen molar-refractivity contribution in [1.82, 2.24) is 15.0 Å². The number of hydrogen-bond acceptors (Lipinski definition) is 8. The third-order valence-electron chi connectivity index (χ3n) is 5.73. The summed E-state index contributed by atoms with van der Waals surface area (Å²) in [6.07, 6.45) is 6.99. The first-order valence-corrected chi connectivity index (χ1v) is 11.6. The molecule has 32 heavy (non-hydrogen) atoms. The van der Waals surface area contributed by atoms with Crippen LogP contribution in [0.4, 0.5) is 16.8 Å². The SMILES string of the molecule is COc1ccncc1-c1ccc2nc(Nc3cccc(NC4CCC(O)CC4)n3)sc2c1. The number of benzene rings is 1. The van der Waals surface area contributed by atoms with Gasteiger partial charge in [0.25, 0.3) is 0 Å². The molecule has 1 fully saturated rings. The summed E-state index contributed by atoms with van der Waals surface area (Å²) in [5.74, 6) is 2.38. The van der Waals surface area contributed by atoms with E-state index in [0.717, 1.165) is 69.5 Å². The molecule has 3 aromatic heterocycles. The van der Waals surface area contributed by atoms with Gasteiger partial charge in [-0.1, -0.05) is 23.5 Å².